The lowest BCUT2D eigenvalue weighted by Crippen LogP contribution is -2.38. The van der Waals surface area contributed by atoms with Gasteiger partial charge in [0.1, 0.15) is 0 Å². The van der Waals surface area contributed by atoms with Crippen LogP contribution in [0.4, 0.5) is 0 Å². The van der Waals surface area contributed by atoms with Crippen molar-refractivity contribution in [2.75, 3.05) is 0 Å². The molecule has 0 spiro atoms. The maximum atomic E-state index is 11.6. The fourth-order valence-corrected chi connectivity index (χ4v) is 4.26. The Morgan fingerprint density at radius 2 is 0.846 bits per heavy atom. The van der Waals surface area contributed by atoms with Gasteiger partial charge in [-0.25, -0.2) is 0 Å². The molecule has 0 saturated heterocycles. The van der Waals surface area contributed by atoms with Crippen LogP contribution in [0.1, 0.15) is 129 Å². The molecule has 0 aliphatic heterocycles. The SMILES string of the molecule is CCCCCCCCCCCC(O)(CCCCCCCCC)S(=O)(=O)O. The summed E-state index contributed by atoms with van der Waals surface area (Å²) >= 11 is 0. The van der Waals surface area contributed by atoms with E-state index in [9.17, 15) is 18.1 Å². The monoisotopic (exact) mass is 392 g/mol. The molecule has 0 bridgehead atoms. The molecule has 26 heavy (non-hydrogen) atoms. The van der Waals surface area contributed by atoms with E-state index in [0.29, 0.717) is 12.8 Å². The Kier molecular flexibility index (Phi) is 15.8. The van der Waals surface area contributed by atoms with Gasteiger partial charge in [-0.05, 0) is 25.7 Å². The molecule has 1 atom stereocenters. The molecule has 0 aliphatic carbocycles. The van der Waals surface area contributed by atoms with Crippen LogP contribution in [0.3, 0.4) is 0 Å². The van der Waals surface area contributed by atoms with Crippen molar-refractivity contribution in [3.63, 3.8) is 0 Å². The van der Waals surface area contributed by atoms with E-state index in [4.69, 9.17) is 0 Å². The first kappa shape index (κ1) is 25.9. The maximum Gasteiger partial charge on any atom is 0.294 e. The lowest BCUT2D eigenvalue weighted by atomic mass is 10.0. The molecule has 2 N–H and O–H groups in total. The Hall–Kier alpha value is -0.130. The smallest absolute Gasteiger partial charge is 0.294 e. The molecule has 5 heteroatoms. The number of hydrogen-bond acceptors (Lipinski definition) is 3. The molecule has 4 nitrogen and oxygen atoms in total. The van der Waals surface area contributed by atoms with Crippen molar-refractivity contribution in [1.29, 1.82) is 0 Å². The minimum atomic E-state index is -4.42. The van der Waals surface area contributed by atoms with Crippen molar-refractivity contribution in [3.05, 3.63) is 0 Å². The third-order valence-corrected chi connectivity index (χ3v) is 6.69. The van der Waals surface area contributed by atoms with Crippen LogP contribution in [-0.4, -0.2) is 23.0 Å². The van der Waals surface area contributed by atoms with Gasteiger partial charge in [-0.15, -0.1) is 0 Å². The molecule has 158 valence electrons. The van der Waals surface area contributed by atoms with E-state index in [2.05, 4.69) is 13.8 Å². The number of hydrogen-bond donors (Lipinski definition) is 2. The predicted octanol–water partition coefficient (Wildman–Crippen LogP) is 6.62. The molecule has 1 unspecified atom stereocenters. The molecular weight excluding hydrogens is 348 g/mol. The summed E-state index contributed by atoms with van der Waals surface area (Å²) in [5.41, 5.74) is 0. The lowest BCUT2D eigenvalue weighted by Gasteiger charge is -2.24. The minimum absolute atomic E-state index is 0.149. The van der Waals surface area contributed by atoms with Gasteiger partial charge in [0.2, 0.25) is 0 Å². The lowest BCUT2D eigenvalue weighted by molar-refractivity contribution is 0.0884. The molecular formula is C21H44O4S. The molecule has 0 aromatic heterocycles. The Bertz CT molecular complexity index is 408. The Labute approximate surface area is 162 Å². The summed E-state index contributed by atoms with van der Waals surface area (Å²) in [5, 5.41) is 10.5. The van der Waals surface area contributed by atoms with Crippen molar-refractivity contribution in [3.8, 4) is 0 Å². The third-order valence-electron chi connectivity index (χ3n) is 5.32. The van der Waals surface area contributed by atoms with E-state index in [0.717, 1.165) is 32.1 Å². The third kappa shape index (κ3) is 13.1. The topological polar surface area (TPSA) is 74.6 Å². The average molecular weight is 393 g/mol. The van der Waals surface area contributed by atoms with Crippen LogP contribution >= 0.6 is 0 Å². The van der Waals surface area contributed by atoms with Gasteiger partial charge in [0.05, 0.1) is 0 Å². The Morgan fingerprint density at radius 3 is 1.12 bits per heavy atom. The molecule has 0 radical (unpaired) electrons. The van der Waals surface area contributed by atoms with E-state index in [1.807, 2.05) is 0 Å². The first-order valence-corrected chi connectivity index (χ1v) is 12.5. The summed E-state index contributed by atoms with van der Waals surface area (Å²) in [6.45, 7) is 4.39. The highest BCUT2D eigenvalue weighted by atomic mass is 32.2. The number of rotatable bonds is 19. The molecule has 0 saturated carbocycles. The zero-order valence-electron chi connectivity index (χ0n) is 17.3. The van der Waals surface area contributed by atoms with Crippen LogP contribution in [0.2, 0.25) is 0 Å². The highest BCUT2D eigenvalue weighted by molar-refractivity contribution is 7.87. The van der Waals surface area contributed by atoms with Gasteiger partial charge in [0, 0.05) is 0 Å². The summed E-state index contributed by atoms with van der Waals surface area (Å²) in [6.07, 6.45) is 18.0. The first-order valence-electron chi connectivity index (χ1n) is 11.1. The van der Waals surface area contributed by atoms with Gasteiger partial charge in [-0.2, -0.15) is 8.42 Å². The van der Waals surface area contributed by atoms with E-state index in [1.54, 1.807) is 0 Å². The molecule has 0 aliphatic rings. The molecule has 0 rings (SSSR count). The maximum absolute atomic E-state index is 11.6. The normalized spacial score (nSPS) is 14.5. The highest BCUT2D eigenvalue weighted by Gasteiger charge is 2.39. The zero-order valence-corrected chi connectivity index (χ0v) is 18.2. The number of aliphatic hydroxyl groups is 1. The van der Waals surface area contributed by atoms with E-state index in [-0.39, 0.29) is 12.8 Å². The predicted molar refractivity (Wildman–Crippen MR) is 111 cm³/mol. The Balaban J connectivity index is 3.93. The van der Waals surface area contributed by atoms with E-state index < -0.39 is 15.1 Å². The van der Waals surface area contributed by atoms with Gasteiger partial charge in [-0.1, -0.05) is 104 Å². The average Bonchev–Trinajstić information content (AvgIpc) is 2.58. The van der Waals surface area contributed by atoms with Gasteiger partial charge >= 0.3 is 0 Å². The standard InChI is InChI=1S/C21H44O4S/c1-3-5-7-9-11-12-14-16-18-20-21(22,26(23,24)25)19-17-15-13-10-8-6-4-2/h22H,3-20H2,1-2H3,(H,23,24,25). The van der Waals surface area contributed by atoms with Crippen molar-refractivity contribution < 1.29 is 18.1 Å². The van der Waals surface area contributed by atoms with Crippen LogP contribution in [0, 0.1) is 0 Å². The molecule has 0 heterocycles. The van der Waals surface area contributed by atoms with E-state index >= 15 is 0 Å². The zero-order chi connectivity index (χ0) is 19.7. The summed E-state index contributed by atoms with van der Waals surface area (Å²) in [5.74, 6) is 0. The quantitative estimate of drug-likeness (QED) is 0.191. The van der Waals surface area contributed by atoms with Crippen LogP contribution in [0.15, 0.2) is 0 Å². The largest absolute Gasteiger partial charge is 0.372 e. The highest BCUT2D eigenvalue weighted by Crippen LogP contribution is 2.28. The van der Waals surface area contributed by atoms with Crippen LogP contribution in [-0.2, 0) is 10.1 Å². The van der Waals surface area contributed by atoms with Crippen molar-refractivity contribution in [2.45, 2.75) is 134 Å². The van der Waals surface area contributed by atoms with E-state index in [1.165, 1.54) is 57.8 Å². The van der Waals surface area contributed by atoms with Crippen LogP contribution in [0.25, 0.3) is 0 Å². The molecule has 0 aromatic carbocycles. The summed E-state index contributed by atoms with van der Waals surface area (Å²) in [6, 6.07) is 0. The molecule has 0 amide bonds. The van der Waals surface area contributed by atoms with Crippen LogP contribution in [0.5, 0.6) is 0 Å². The Morgan fingerprint density at radius 1 is 0.577 bits per heavy atom. The molecule has 0 fully saturated rings. The van der Waals surface area contributed by atoms with Crippen LogP contribution < -0.4 is 0 Å². The summed E-state index contributed by atoms with van der Waals surface area (Å²) in [4.78, 5) is -1.95. The molecule has 0 aromatic rings. The van der Waals surface area contributed by atoms with Crippen molar-refractivity contribution in [2.24, 2.45) is 0 Å². The van der Waals surface area contributed by atoms with Gasteiger partial charge in [-0.3, -0.25) is 4.55 Å². The summed E-state index contributed by atoms with van der Waals surface area (Å²) < 4.78 is 32.7. The van der Waals surface area contributed by atoms with Crippen molar-refractivity contribution in [1.82, 2.24) is 0 Å². The second-order valence-corrected chi connectivity index (χ2v) is 9.58. The minimum Gasteiger partial charge on any atom is -0.372 e. The van der Waals surface area contributed by atoms with Gasteiger partial charge in [0.15, 0.2) is 4.93 Å². The van der Waals surface area contributed by atoms with Gasteiger partial charge < -0.3 is 5.11 Å². The second kappa shape index (κ2) is 15.9. The van der Waals surface area contributed by atoms with Crippen molar-refractivity contribution >= 4 is 10.1 Å². The summed E-state index contributed by atoms with van der Waals surface area (Å²) in [7, 11) is -4.42. The fraction of sp³-hybridized carbons (Fsp3) is 1.00. The first-order chi connectivity index (χ1) is 12.4. The second-order valence-electron chi connectivity index (χ2n) is 7.87. The van der Waals surface area contributed by atoms with Gasteiger partial charge in [0.25, 0.3) is 10.1 Å². The number of unbranched alkanes of at least 4 members (excludes halogenated alkanes) is 14. The fourth-order valence-electron chi connectivity index (χ4n) is 3.45.